The molecule has 1 atom stereocenters. The zero-order valence-corrected chi connectivity index (χ0v) is 10.5. The summed E-state index contributed by atoms with van der Waals surface area (Å²) in [7, 11) is 0. The Hall–Kier alpha value is -1.01. The topological polar surface area (TPSA) is 61.6 Å². The van der Waals surface area contributed by atoms with Crippen LogP contribution in [0.3, 0.4) is 0 Å². The molecule has 1 fully saturated rings. The van der Waals surface area contributed by atoms with Gasteiger partial charge < -0.3 is 13.9 Å². The lowest BCUT2D eigenvalue weighted by Crippen LogP contribution is -2.08. The summed E-state index contributed by atoms with van der Waals surface area (Å²) in [5.74, 6) is 0.364. The first-order valence-electron chi connectivity index (χ1n) is 5.66. The van der Waals surface area contributed by atoms with Crippen LogP contribution in [0.2, 0.25) is 0 Å². The second-order valence-electron chi connectivity index (χ2n) is 3.67. The van der Waals surface area contributed by atoms with Gasteiger partial charge in [0.2, 0.25) is 0 Å². The third-order valence-corrected chi connectivity index (χ3v) is 3.36. The van der Waals surface area contributed by atoms with E-state index in [2.05, 4.69) is 4.98 Å². The second-order valence-corrected chi connectivity index (χ2v) is 4.64. The van der Waals surface area contributed by atoms with E-state index in [4.69, 9.17) is 13.9 Å². The Morgan fingerprint density at radius 1 is 1.71 bits per heavy atom. The zero-order chi connectivity index (χ0) is 12.1. The van der Waals surface area contributed by atoms with E-state index >= 15 is 0 Å². The molecule has 0 saturated carbocycles. The number of rotatable bonds is 5. The smallest absolute Gasteiger partial charge is 0.360 e. The Morgan fingerprint density at radius 2 is 2.59 bits per heavy atom. The molecule has 1 aliphatic rings. The van der Waals surface area contributed by atoms with E-state index in [9.17, 15) is 4.79 Å². The van der Waals surface area contributed by atoms with E-state index in [0.29, 0.717) is 11.8 Å². The summed E-state index contributed by atoms with van der Waals surface area (Å²) in [5, 5.41) is 0.489. The van der Waals surface area contributed by atoms with Crippen molar-refractivity contribution in [1.29, 1.82) is 0 Å². The maximum absolute atomic E-state index is 11.3. The molecular formula is C11H15NO4S. The lowest BCUT2D eigenvalue weighted by atomic mass is 10.3. The maximum atomic E-state index is 11.3. The first kappa shape index (κ1) is 12.4. The fourth-order valence-electron chi connectivity index (χ4n) is 1.56. The van der Waals surface area contributed by atoms with Crippen molar-refractivity contribution in [3.05, 3.63) is 12.0 Å². The molecule has 0 aliphatic carbocycles. The highest BCUT2D eigenvalue weighted by Crippen LogP contribution is 2.23. The van der Waals surface area contributed by atoms with Crippen LogP contribution < -0.4 is 0 Å². The van der Waals surface area contributed by atoms with Crippen LogP contribution in [0.25, 0.3) is 0 Å². The highest BCUT2D eigenvalue weighted by Gasteiger charge is 2.18. The SMILES string of the molecule is CCOC(=O)c1coc(SCC2CCCO2)n1. The van der Waals surface area contributed by atoms with E-state index in [0.717, 1.165) is 25.2 Å². The highest BCUT2D eigenvalue weighted by atomic mass is 32.2. The molecule has 0 spiro atoms. The Morgan fingerprint density at radius 3 is 3.29 bits per heavy atom. The molecule has 1 saturated heterocycles. The lowest BCUT2D eigenvalue weighted by Gasteiger charge is -2.05. The third kappa shape index (κ3) is 3.47. The van der Waals surface area contributed by atoms with E-state index in [1.54, 1.807) is 6.92 Å². The van der Waals surface area contributed by atoms with Crippen molar-refractivity contribution in [2.45, 2.75) is 31.1 Å². The maximum Gasteiger partial charge on any atom is 0.360 e. The molecular weight excluding hydrogens is 242 g/mol. The number of carbonyl (C=O) groups excluding carboxylic acids is 1. The van der Waals surface area contributed by atoms with Crippen LogP contribution in [-0.4, -0.2) is 36.0 Å². The molecule has 2 rings (SSSR count). The quantitative estimate of drug-likeness (QED) is 0.595. The highest BCUT2D eigenvalue weighted by molar-refractivity contribution is 7.99. The Kier molecular flexibility index (Phi) is 4.44. The predicted molar refractivity (Wildman–Crippen MR) is 62.2 cm³/mol. The van der Waals surface area contributed by atoms with Crippen molar-refractivity contribution in [2.75, 3.05) is 19.0 Å². The van der Waals surface area contributed by atoms with Gasteiger partial charge in [-0.2, -0.15) is 4.98 Å². The summed E-state index contributed by atoms with van der Waals surface area (Å²) < 4.78 is 15.5. The van der Waals surface area contributed by atoms with Crippen LogP contribution in [0.15, 0.2) is 15.9 Å². The normalized spacial score (nSPS) is 19.5. The van der Waals surface area contributed by atoms with Crippen LogP contribution in [0, 0.1) is 0 Å². The van der Waals surface area contributed by atoms with Crippen molar-refractivity contribution in [3.63, 3.8) is 0 Å². The molecule has 1 aromatic heterocycles. The van der Waals surface area contributed by atoms with Crippen molar-refractivity contribution >= 4 is 17.7 Å². The molecule has 2 heterocycles. The summed E-state index contributed by atoms with van der Waals surface area (Å²) in [6.45, 7) is 2.93. The van der Waals surface area contributed by atoms with Gasteiger partial charge in [0.05, 0.1) is 12.7 Å². The molecule has 1 unspecified atom stereocenters. The van der Waals surface area contributed by atoms with Gasteiger partial charge in [0.25, 0.3) is 5.22 Å². The minimum atomic E-state index is -0.444. The van der Waals surface area contributed by atoms with E-state index in [1.165, 1.54) is 18.0 Å². The fourth-order valence-corrected chi connectivity index (χ4v) is 2.43. The van der Waals surface area contributed by atoms with Gasteiger partial charge in [-0.1, -0.05) is 11.8 Å². The lowest BCUT2D eigenvalue weighted by molar-refractivity contribution is 0.0519. The fraction of sp³-hybridized carbons (Fsp3) is 0.636. The van der Waals surface area contributed by atoms with Gasteiger partial charge in [-0.25, -0.2) is 4.79 Å². The summed E-state index contributed by atoms with van der Waals surface area (Å²) >= 11 is 1.46. The standard InChI is InChI=1S/C11H15NO4S/c1-2-14-10(13)9-6-16-11(12-9)17-7-8-4-3-5-15-8/h6,8H,2-5,7H2,1H3. The molecule has 0 radical (unpaired) electrons. The summed E-state index contributed by atoms with van der Waals surface area (Å²) in [4.78, 5) is 15.4. The van der Waals surface area contributed by atoms with Gasteiger partial charge in [-0.05, 0) is 19.8 Å². The number of esters is 1. The van der Waals surface area contributed by atoms with E-state index in [1.807, 2.05) is 0 Å². The van der Waals surface area contributed by atoms with E-state index < -0.39 is 5.97 Å². The van der Waals surface area contributed by atoms with Crippen LogP contribution in [-0.2, 0) is 9.47 Å². The molecule has 0 aromatic carbocycles. The van der Waals surface area contributed by atoms with Gasteiger partial charge in [-0.15, -0.1) is 0 Å². The zero-order valence-electron chi connectivity index (χ0n) is 9.68. The number of nitrogens with zero attached hydrogens (tertiary/aromatic N) is 1. The van der Waals surface area contributed by atoms with Crippen molar-refractivity contribution < 1.29 is 18.7 Å². The minimum absolute atomic E-state index is 0.224. The first-order chi connectivity index (χ1) is 8.29. The van der Waals surface area contributed by atoms with Gasteiger partial charge in [0.15, 0.2) is 5.69 Å². The minimum Gasteiger partial charge on any atom is -0.461 e. The number of oxazole rings is 1. The second kappa shape index (κ2) is 6.07. The average Bonchev–Trinajstić information content (AvgIpc) is 2.98. The molecule has 1 aliphatic heterocycles. The summed E-state index contributed by atoms with van der Waals surface area (Å²) in [6, 6.07) is 0. The van der Waals surface area contributed by atoms with Crippen LogP contribution >= 0.6 is 11.8 Å². The monoisotopic (exact) mass is 257 g/mol. The molecule has 94 valence electrons. The Balaban J connectivity index is 1.83. The van der Waals surface area contributed by atoms with Gasteiger partial charge >= 0.3 is 5.97 Å². The van der Waals surface area contributed by atoms with Crippen molar-refractivity contribution in [3.8, 4) is 0 Å². The number of aromatic nitrogens is 1. The number of hydrogen-bond acceptors (Lipinski definition) is 6. The largest absolute Gasteiger partial charge is 0.461 e. The number of carbonyl (C=O) groups is 1. The predicted octanol–water partition coefficient (Wildman–Crippen LogP) is 2.12. The Labute approximate surface area is 104 Å². The molecule has 6 heteroatoms. The summed E-state index contributed by atoms with van der Waals surface area (Å²) in [6.07, 6.45) is 3.80. The Bertz CT molecular complexity index is 373. The van der Waals surface area contributed by atoms with Crippen molar-refractivity contribution in [2.24, 2.45) is 0 Å². The number of ether oxygens (including phenoxy) is 2. The van der Waals surface area contributed by atoms with Crippen LogP contribution in [0.5, 0.6) is 0 Å². The molecule has 0 N–H and O–H groups in total. The van der Waals surface area contributed by atoms with E-state index in [-0.39, 0.29) is 11.8 Å². The van der Waals surface area contributed by atoms with Gasteiger partial charge in [0, 0.05) is 12.4 Å². The van der Waals surface area contributed by atoms with Crippen molar-refractivity contribution in [1.82, 2.24) is 4.98 Å². The number of thioether (sulfide) groups is 1. The molecule has 0 amide bonds. The van der Waals surface area contributed by atoms with Crippen LogP contribution in [0.4, 0.5) is 0 Å². The molecule has 1 aromatic rings. The number of hydrogen-bond donors (Lipinski definition) is 0. The first-order valence-corrected chi connectivity index (χ1v) is 6.65. The average molecular weight is 257 g/mol. The van der Waals surface area contributed by atoms with Gasteiger partial charge in [0.1, 0.15) is 6.26 Å². The van der Waals surface area contributed by atoms with Gasteiger partial charge in [-0.3, -0.25) is 0 Å². The van der Waals surface area contributed by atoms with Crippen LogP contribution in [0.1, 0.15) is 30.3 Å². The third-order valence-electron chi connectivity index (χ3n) is 2.38. The molecule has 17 heavy (non-hydrogen) atoms. The molecule has 5 nitrogen and oxygen atoms in total. The summed E-state index contributed by atoms with van der Waals surface area (Å²) in [5.41, 5.74) is 0.224. The molecule has 0 bridgehead atoms.